The molecule has 1 N–H and O–H groups in total. The Morgan fingerprint density at radius 2 is 1.76 bits per heavy atom. The van der Waals surface area contributed by atoms with Gasteiger partial charge in [-0.3, -0.25) is 0 Å². The summed E-state index contributed by atoms with van der Waals surface area (Å²) in [4.78, 5) is 2.30. The van der Waals surface area contributed by atoms with Crippen LogP contribution in [0.2, 0.25) is 0 Å². The van der Waals surface area contributed by atoms with Crippen molar-refractivity contribution >= 4 is 0 Å². The largest absolute Gasteiger partial charge is 0.310 e. The molecule has 1 aromatic rings. The van der Waals surface area contributed by atoms with E-state index in [0.29, 0.717) is 12.1 Å². The summed E-state index contributed by atoms with van der Waals surface area (Å²) in [5, 5.41) is 3.89. The van der Waals surface area contributed by atoms with Gasteiger partial charge in [0.25, 0.3) is 0 Å². The maximum absolute atomic E-state index is 3.89. The molecule has 0 bridgehead atoms. The van der Waals surface area contributed by atoms with Gasteiger partial charge >= 0.3 is 0 Å². The lowest BCUT2D eigenvalue weighted by Gasteiger charge is -2.40. The summed E-state index contributed by atoms with van der Waals surface area (Å²) in [7, 11) is 4.34. The van der Waals surface area contributed by atoms with Crippen LogP contribution in [0.3, 0.4) is 0 Å². The molecule has 1 aromatic carbocycles. The Morgan fingerprint density at radius 1 is 1.14 bits per heavy atom. The van der Waals surface area contributed by atoms with Gasteiger partial charge in [-0.05, 0) is 57.7 Å². The minimum absolute atomic E-state index is 0.629. The third-order valence-corrected chi connectivity index (χ3v) is 4.50. The molecule has 2 nitrogen and oxygen atoms in total. The summed E-state index contributed by atoms with van der Waals surface area (Å²) in [5.41, 5.74) is 2.88. The van der Waals surface area contributed by atoms with Crippen LogP contribution in [0.4, 0.5) is 0 Å². The maximum atomic E-state index is 3.89. The number of benzene rings is 1. The molecule has 0 heterocycles. The molecule has 0 aliphatic heterocycles. The summed E-state index contributed by atoms with van der Waals surface area (Å²) < 4.78 is 0. The van der Waals surface area contributed by atoms with Crippen LogP contribution in [0.1, 0.15) is 50.2 Å². The van der Waals surface area contributed by atoms with E-state index in [-0.39, 0.29) is 0 Å². The lowest BCUT2D eigenvalue weighted by Crippen LogP contribution is -2.49. The number of hydrogen-bond donors (Lipinski definition) is 1. The predicted molar refractivity (Wildman–Crippen MR) is 91.9 cm³/mol. The van der Waals surface area contributed by atoms with Crippen LogP contribution < -0.4 is 5.32 Å². The molecule has 1 atom stereocenters. The molecule has 1 aliphatic carbocycles. The van der Waals surface area contributed by atoms with Crippen molar-refractivity contribution in [1.29, 1.82) is 0 Å². The first kappa shape index (κ1) is 16.5. The molecule has 0 radical (unpaired) electrons. The van der Waals surface area contributed by atoms with Crippen molar-refractivity contribution in [2.75, 3.05) is 20.6 Å². The van der Waals surface area contributed by atoms with Gasteiger partial charge in [-0.2, -0.15) is 0 Å². The summed E-state index contributed by atoms with van der Waals surface area (Å²) in [5.74, 6) is 1.53. The Kier molecular flexibility index (Phi) is 5.83. The van der Waals surface area contributed by atoms with Gasteiger partial charge in [0.15, 0.2) is 0 Å². The highest BCUT2D eigenvalue weighted by molar-refractivity contribution is 5.26. The number of aryl methyl sites for hydroxylation is 1. The van der Waals surface area contributed by atoms with Gasteiger partial charge in [0.1, 0.15) is 0 Å². The van der Waals surface area contributed by atoms with Gasteiger partial charge in [-0.15, -0.1) is 0 Å². The van der Waals surface area contributed by atoms with Gasteiger partial charge < -0.3 is 10.2 Å². The second kappa shape index (κ2) is 7.42. The Balaban J connectivity index is 1.80. The number of likely N-dealkylation sites (N-methyl/N-ethyl adjacent to an activating group) is 1. The molecule has 1 fully saturated rings. The van der Waals surface area contributed by atoms with Crippen LogP contribution in [0.15, 0.2) is 24.3 Å². The zero-order valence-electron chi connectivity index (χ0n) is 14.4. The van der Waals surface area contributed by atoms with Crippen molar-refractivity contribution in [3.63, 3.8) is 0 Å². The van der Waals surface area contributed by atoms with Crippen LogP contribution >= 0.6 is 0 Å². The van der Waals surface area contributed by atoms with Crippen LogP contribution in [0.5, 0.6) is 0 Å². The number of nitrogens with zero attached hydrogens (tertiary/aromatic N) is 1. The van der Waals surface area contributed by atoms with Crippen LogP contribution in [-0.2, 0) is 0 Å². The molecular weight excluding hydrogens is 256 g/mol. The number of rotatable bonds is 7. The van der Waals surface area contributed by atoms with Gasteiger partial charge in [0.2, 0.25) is 0 Å². The SMILES string of the molecule is Cc1ccc(C2CC(NC(CC(C)C)CN(C)C)C2)cc1. The molecule has 0 aromatic heterocycles. The molecule has 0 spiro atoms. The molecule has 1 aliphatic rings. The molecular formula is C19H32N2. The molecule has 2 heteroatoms. The van der Waals surface area contributed by atoms with Crippen molar-refractivity contribution in [2.45, 2.75) is 58.0 Å². The third-order valence-electron chi connectivity index (χ3n) is 4.50. The lowest BCUT2D eigenvalue weighted by molar-refractivity contribution is 0.222. The van der Waals surface area contributed by atoms with Gasteiger partial charge in [-0.25, -0.2) is 0 Å². The smallest absolute Gasteiger partial charge is 0.0199 e. The summed E-state index contributed by atoms with van der Waals surface area (Å²) in [6, 6.07) is 10.4. The molecule has 0 saturated heterocycles. The number of hydrogen-bond acceptors (Lipinski definition) is 2. The van der Waals surface area contributed by atoms with E-state index >= 15 is 0 Å². The summed E-state index contributed by atoms with van der Waals surface area (Å²) in [6.07, 6.45) is 3.86. The van der Waals surface area contributed by atoms with Crippen molar-refractivity contribution in [3.8, 4) is 0 Å². The zero-order valence-corrected chi connectivity index (χ0v) is 14.4. The third kappa shape index (κ3) is 5.12. The Hall–Kier alpha value is -0.860. The van der Waals surface area contributed by atoms with Crippen LogP contribution in [0.25, 0.3) is 0 Å². The van der Waals surface area contributed by atoms with E-state index in [4.69, 9.17) is 0 Å². The molecule has 0 amide bonds. The van der Waals surface area contributed by atoms with E-state index in [0.717, 1.165) is 18.4 Å². The standard InChI is InChI=1S/C19H32N2/c1-14(2)10-19(13-21(4)5)20-18-11-17(12-18)16-8-6-15(3)7-9-16/h6-9,14,17-20H,10-13H2,1-5H3. The zero-order chi connectivity index (χ0) is 15.4. The first-order chi connectivity index (χ1) is 9.94. The fourth-order valence-corrected chi connectivity index (χ4v) is 3.40. The molecule has 118 valence electrons. The van der Waals surface area contributed by atoms with E-state index in [9.17, 15) is 0 Å². The predicted octanol–water partition coefficient (Wildman–Crippen LogP) is 3.81. The monoisotopic (exact) mass is 288 g/mol. The first-order valence-electron chi connectivity index (χ1n) is 8.41. The van der Waals surface area contributed by atoms with Gasteiger partial charge in [0, 0.05) is 18.6 Å². The van der Waals surface area contributed by atoms with Gasteiger partial charge in [0.05, 0.1) is 0 Å². The fraction of sp³-hybridized carbons (Fsp3) is 0.684. The second-order valence-corrected chi connectivity index (χ2v) is 7.53. The minimum Gasteiger partial charge on any atom is -0.310 e. The molecule has 1 unspecified atom stereocenters. The Morgan fingerprint density at radius 3 is 2.29 bits per heavy atom. The quantitative estimate of drug-likeness (QED) is 0.821. The normalized spacial score (nSPS) is 23.4. The van der Waals surface area contributed by atoms with Crippen molar-refractivity contribution in [3.05, 3.63) is 35.4 Å². The Bertz CT molecular complexity index is 406. The second-order valence-electron chi connectivity index (χ2n) is 7.53. The molecule has 1 saturated carbocycles. The highest BCUT2D eigenvalue weighted by atomic mass is 15.1. The van der Waals surface area contributed by atoms with E-state index in [1.54, 1.807) is 0 Å². The maximum Gasteiger partial charge on any atom is 0.0199 e. The minimum atomic E-state index is 0.629. The number of nitrogens with one attached hydrogen (secondary N) is 1. The van der Waals surface area contributed by atoms with Crippen molar-refractivity contribution in [2.24, 2.45) is 5.92 Å². The average molecular weight is 288 g/mol. The molecule has 21 heavy (non-hydrogen) atoms. The van der Waals surface area contributed by atoms with Crippen molar-refractivity contribution < 1.29 is 0 Å². The first-order valence-corrected chi connectivity index (χ1v) is 8.41. The van der Waals surface area contributed by atoms with E-state index in [2.05, 4.69) is 69.3 Å². The highest BCUT2D eigenvalue weighted by Crippen LogP contribution is 2.37. The van der Waals surface area contributed by atoms with E-state index < -0.39 is 0 Å². The lowest BCUT2D eigenvalue weighted by atomic mass is 9.75. The van der Waals surface area contributed by atoms with E-state index in [1.807, 2.05) is 0 Å². The highest BCUT2D eigenvalue weighted by Gasteiger charge is 2.31. The van der Waals surface area contributed by atoms with Crippen molar-refractivity contribution in [1.82, 2.24) is 10.2 Å². The Labute approximate surface area is 130 Å². The average Bonchev–Trinajstić information content (AvgIpc) is 2.33. The van der Waals surface area contributed by atoms with Gasteiger partial charge in [-0.1, -0.05) is 43.7 Å². The van der Waals surface area contributed by atoms with Crippen LogP contribution in [0, 0.1) is 12.8 Å². The fourth-order valence-electron chi connectivity index (χ4n) is 3.40. The summed E-state index contributed by atoms with van der Waals surface area (Å²) in [6.45, 7) is 7.94. The topological polar surface area (TPSA) is 15.3 Å². The van der Waals surface area contributed by atoms with Crippen LogP contribution in [-0.4, -0.2) is 37.6 Å². The summed E-state index contributed by atoms with van der Waals surface area (Å²) >= 11 is 0. The molecule has 2 rings (SSSR count). The van der Waals surface area contributed by atoms with E-state index in [1.165, 1.54) is 30.4 Å².